The molecule has 2 N–H and O–H groups in total. The number of aliphatic hydroxyl groups is 1. The minimum atomic E-state index is -0.382. The first-order chi connectivity index (χ1) is 11.6. The average Bonchev–Trinajstić information content (AvgIpc) is 2.63. The maximum absolute atomic E-state index is 12.3. The van der Waals surface area contributed by atoms with Crippen molar-refractivity contribution >= 4 is 16.9 Å². The van der Waals surface area contributed by atoms with Crippen LogP contribution in [0.2, 0.25) is 0 Å². The van der Waals surface area contributed by atoms with Crippen LogP contribution in [-0.2, 0) is 7.05 Å². The van der Waals surface area contributed by atoms with Crippen LogP contribution in [0.25, 0.3) is 11.0 Å². The Morgan fingerprint density at radius 1 is 1.46 bits per heavy atom. The highest BCUT2D eigenvalue weighted by Gasteiger charge is 2.30. The molecule has 0 amide bonds. The number of aromatic nitrogens is 3. The number of piperazine rings is 1. The molecule has 126 valence electrons. The van der Waals surface area contributed by atoms with E-state index in [9.17, 15) is 9.90 Å². The smallest absolute Gasteiger partial charge is 0.349 e. The third-order valence-corrected chi connectivity index (χ3v) is 4.53. The minimum Gasteiger partial charge on any atom is -0.394 e. The first-order valence-corrected chi connectivity index (χ1v) is 7.97. The molecule has 0 bridgehead atoms. The summed E-state index contributed by atoms with van der Waals surface area (Å²) in [5.41, 5.74) is 1.01. The fraction of sp³-hybridized carbons (Fsp3) is 0.500. The Hall–Kier alpha value is -2.50. The van der Waals surface area contributed by atoms with Crippen LogP contribution in [-0.4, -0.2) is 51.4 Å². The molecule has 1 aliphatic heterocycles. The van der Waals surface area contributed by atoms with Gasteiger partial charge in [0.1, 0.15) is 17.3 Å². The number of anilines is 1. The number of hydrogen-bond donors (Lipinski definition) is 2. The SMILES string of the molecule is CC[C@@H]1CN(c2nc(=O)n(C)c3ccc(C#N)nc23)C(CO)CN1. The van der Waals surface area contributed by atoms with Gasteiger partial charge in [-0.25, -0.2) is 9.78 Å². The van der Waals surface area contributed by atoms with Gasteiger partial charge in [-0.2, -0.15) is 10.2 Å². The van der Waals surface area contributed by atoms with E-state index in [4.69, 9.17) is 5.26 Å². The molecule has 8 heteroatoms. The molecule has 0 aliphatic carbocycles. The summed E-state index contributed by atoms with van der Waals surface area (Å²) in [7, 11) is 1.63. The summed E-state index contributed by atoms with van der Waals surface area (Å²) >= 11 is 0. The van der Waals surface area contributed by atoms with Crippen LogP contribution in [0.15, 0.2) is 16.9 Å². The molecule has 24 heavy (non-hydrogen) atoms. The molecule has 3 rings (SSSR count). The lowest BCUT2D eigenvalue weighted by molar-refractivity contribution is 0.233. The van der Waals surface area contributed by atoms with Crippen LogP contribution >= 0.6 is 0 Å². The highest BCUT2D eigenvalue weighted by Crippen LogP contribution is 2.25. The third kappa shape index (κ3) is 2.72. The molecule has 0 spiro atoms. The monoisotopic (exact) mass is 328 g/mol. The Morgan fingerprint density at radius 3 is 2.92 bits per heavy atom. The van der Waals surface area contributed by atoms with Gasteiger partial charge < -0.3 is 15.3 Å². The van der Waals surface area contributed by atoms with E-state index in [2.05, 4.69) is 22.2 Å². The molecule has 1 fully saturated rings. The summed E-state index contributed by atoms with van der Waals surface area (Å²) in [6.45, 7) is 3.25. The first kappa shape index (κ1) is 16.4. The van der Waals surface area contributed by atoms with E-state index < -0.39 is 0 Å². The fourth-order valence-corrected chi connectivity index (χ4v) is 3.03. The van der Waals surface area contributed by atoms with Crippen molar-refractivity contribution in [2.45, 2.75) is 25.4 Å². The summed E-state index contributed by atoms with van der Waals surface area (Å²) in [5, 5.41) is 22.2. The standard InChI is InChI=1S/C16H20N6O2/c1-3-10-8-22(12(9-23)7-18-10)15-14-13(21(2)16(24)20-15)5-4-11(6-17)19-14/h4-5,10,12,18,23H,3,7-9H2,1-2H3/t10-,12?/m1/s1. The Kier molecular flexibility index (Phi) is 4.46. The van der Waals surface area contributed by atoms with Crippen LogP contribution in [0.1, 0.15) is 19.0 Å². The Labute approximate surface area is 139 Å². The highest BCUT2D eigenvalue weighted by atomic mass is 16.3. The molecule has 2 aromatic rings. The van der Waals surface area contributed by atoms with Gasteiger partial charge in [-0.05, 0) is 18.6 Å². The fourth-order valence-electron chi connectivity index (χ4n) is 3.03. The molecule has 0 aromatic carbocycles. The van der Waals surface area contributed by atoms with Gasteiger partial charge in [0.25, 0.3) is 0 Å². The number of aliphatic hydroxyl groups excluding tert-OH is 1. The molecule has 0 saturated carbocycles. The van der Waals surface area contributed by atoms with Crippen molar-refractivity contribution in [1.82, 2.24) is 19.9 Å². The topological polar surface area (TPSA) is 107 Å². The van der Waals surface area contributed by atoms with Gasteiger partial charge in [-0.1, -0.05) is 6.92 Å². The van der Waals surface area contributed by atoms with Crippen molar-refractivity contribution < 1.29 is 5.11 Å². The van der Waals surface area contributed by atoms with E-state index in [-0.39, 0.29) is 30.1 Å². The van der Waals surface area contributed by atoms with Crippen LogP contribution in [0.5, 0.6) is 0 Å². The van der Waals surface area contributed by atoms with E-state index in [0.717, 1.165) is 6.42 Å². The molecule has 1 saturated heterocycles. The third-order valence-electron chi connectivity index (χ3n) is 4.53. The summed E-state index contributed by atoms with van der Waals surface area (Å²) < 4.78 is 1.42. The Morgan fingerprint density at radius 2 is 2.25 bits per heavy atom. The van der Waals surface area contributed by atoms with Gasteiger partial charge in [0, 0.05) is 26.2 Å². The number of rotatable bonds is 3. The number of nitrogens with one attached hydrogen (secondary N) is 1. The van der Waals surface area contributed by atoms with Crippen molar-refractivity contribution in [3.63, 3.8) is 0 Å². The Bertz CT molecular complexity index is 856. The number of hydrogen-bond acceptors (Lipinski definition) is 7. The molecule has 2 aromatic heterocycles. The molecule has 3 heterocycles. The lowest BCUT2D eigenvalue weighted by Gasteiger charge is -2.40. The number of nitrogens with zero attached hydrogens (tertiary/aromatic N) is 5. The van der Waals surface area contributed by atoms with Gasteiger partial charge in [-0.15, -0.1) is 0 Å². The molecular weight excluding hydrogens is 308 g/mol. The van der Waals surface area contributed by atoms with Gasteiger partial charge in [0.2, 0.25) is 0 Å². The molecule has 8 nitrogen and oxygen atoms in total. The zero-order chi connectivity index (χ0) is 17.3. The maximum Gasteiger partial charge on any atom is 0.349 e. The predicted octanol–water partition coefficient (Wildman–Crippen LogP) is -0.251. The summed E-state index contributed by atoms with van der Waals surface area (Å²) in [5.74, 6) is 0.434. The lowest BCUT2D eigenvalue weighted by atomic mass is 10.1. The summed E-state index contributed by atoms with van der Waals surface area (Å²) in [6.07, 6.45) is 0.925. The second kappa shape index (κ2) is 6.55. The van der Waals surface area contributed by atoms with Gasteiger partial charge in [0.05, 0.1) is 18.2 Å². The van der Waals surface area contributed by atoms with Crippen LogP contribution in [0, 0.1) is 11.3 Å². The number of nitriles is 1. The van der Waals surface area contributed by atoms with Crippen molar-refractivity contribution in [2.24, 2.45) is 7.05 Å². The molecule has 2 atom stereocenters. The Balaban J connectivity index is 2.21. The van der Waals surface area contributed by atoms with Crippen molar-refractivity contribution in [1.29, 1.82) is 5.26 Å². The van der Waals surface area contributed by atoms with E-state index >= 15 is 0 Å². The van der Waals surface area contributed by atoms with Crippen LogP contribution < -0.4 is 15.9 Å². The highest BCUT2D eigenvalue weighted by molar-refractivity contribution is 5.86. The predicted molar refractivity (Wildman–Crippen MR) is 89.8 cm³/mol. The van der Waals surface area contributed by atoms with E-state index in [1.165, 1.54) is 4.57 Å². The van der Waals surface area contributed by atoms with Gasteiger partial charge >= 0.3 is 5.69 Å². The van der Waals surface area contributed by atoms with Gasteiger partial charge in [0.15, 0.2) is 5.82 Å². The molecule has 0 radical (unpaired) electrons. The van der Waals surface area contributed by atoms with Gasteiger partial charge in [-0.3, -0.25) is 4.57 Å². The zero-order valence-corrected chi connectivity index (χ0v) is 13.7. The van der Waals surface area contributed by atoms with Crippen LogP contribution in [0.4, 0.5) is 5.82 Å². The van der Waals surface area contributed by atoms with Crippen molar-refractivity contribution in [3.05, 3.63) is 28.3 Å². The van der Waals surface area contributed by atoms with Crippen molar-refractivity contribution in [2.75, 3.05) is 24.6 Å². The summed E-state index contributed by atoms with van der Waals surface area (Å²) in [4.78, 5) is 22.7. The second-order valence-electron chi connectivity index (χ2n) is 5.96. The number of fused-ring (bicyclic) bond motifs is 1. The quantitative estimate of drug-likeness (QED) is 0.800. The zero-order valence-electron chi connectivity index (χ0n) is 13.7. The molecule has 1 aliphatic rings. The normalized spacial score (nSPS) is 21.0. The lowest BCUT2D eigenvalue weighted by Crippen LogP contribution is -2.58. The van der Waals surface area contributed by atoms with Crippen LogP contribution in [0.3, 0.4) is 0 Å². The maximum atomic E-state index is 12.3. The summed E-state index contributed by atoms with van der Waals surface area (Å²) in [6, 6.07) is 5.37. The minimum absolute atomic E-state index is 0.0558. The van der Waals surface area contributed by atoms with E-state index in [1.807, 2.05) is 11.0 Å². The second-order valence-corrected chi connectivity index (χ2v) is 5.96. The van der Waals surface area contributed by atoms with Crippen molar-refractivity contribution in [3.8, 4) is 6.07 Å². The molecule has 1 unspecified atom stereocenters. The number of pyridine rings is 1. The van der Waals surface area contributed by atoms with E-state index in [1.54, 1.807) is 19.2 Å². The first-order valence-electron chi connectivity index (χ1n) is 7.97. The molecular formula is C16H20N6O2. The van der Waals surface area contributed by atoms with E-state index in [0.29, 0.717) is 29.9 Å². The number of aryl methyl sites for hydroxylation is 1. The average molecular weight is 328 g/mol. The largest absolute Gasteiger partial charge is 0.394 e.